The summed E-state index contributed by atoms with van der Waals surface area (Å²) in [5.74, 6) is -2.09. The van der Waals surface area contributed by atoms with Crippen molar-refractivity contribution in [3.8, 4) is 0 Å². The van der Waals surface area contributed by atoms with Gasteiger partial charge in [-0.3, -0.25) is 17.5 Å². The van der Waals surface area contributed by atoms with E-state index in [0.717, 1.165) is 5.56 Å². The van der Waals surface area contributed by atoms with Gasteiger partial charge in [-0.15, -0.1) is 0 Å². The molecule has 0 saturated heterocycles. The van der Waals surface area contributed by atoms with Crippen molar-refractivity contribution in [2.24, 2.45) is 11.1 Å². The molecule has 2 N–H and O–H groups in total. The number of rotatable bonds is 16. The molecule has 0 radical (unpaired) electrons. The normalized spacial score (nSPS) is 17.9. The number of nitrogens with one attached hydrogen (secondary N) is 2. The van der Waals surface area contributed by atoms with Crippen LogP contribution in [0.3, 0.4) is 0 Å². The number of carbonyl (C=O) groups excluding carboxylic acids is 4. The molecule has 1 aliphatic heterocycles. The Morgan fingerprint density at radius 1 is 1.22 bits per heavy atom. The maximum Gasteiger partial charge on any atom is 0.331 e. The van der Waals surface area contributed by atoms with Crippen LogP contribution in [-0.4, -0.2) is 61.7 Å². The third-order valence-electron chi connectivity index (χ3n) is 7.83. The van der Waals surface area contributed by atoms with Crippen molar-refractivity contribution in [1.29, 1.82) is 0 Å². The van der Waals surface area contributed by atoms with Gasteiger partial charge < -0.3 is 19.9 Å². The fraction of sp³-hybridized carbons (Fsp3) is 0.324. The van der Waals surface area contributed by atoms with Gasteiger partial charge in [0.25, 0.3) is 11.8 Å². The first-order valence-corrected chi connectivity index (χ1v) is 17.2. The number of aromatic amines is 1. The van der Waals surface area contributed by atoms with E-state index in [0.29, 0.717) is 27.4 Å². The van der Waals surface area contributed by atoms with E-state index in [1.165, 1.54) is 11.6 Å². The molecule has 1 aromatic carbocycles. The van der Waals surface area contributed by atoms with Crippen LogP contribution in [0, 0.1) is 5.92 Å². The van der Waals surface area contributed by atoms with E-state index in [2.05, 4.69) is 28.6 Å². The van der Waals surface area contributed by atoms with Crippen molar-refractivity contribution in [3.63, 3.8) is 0 Å². The zero-order valence-corrected chi connectivity index (χ0v) is 31.0. The van der Waals surface area contributed by atoms with E-state index >= 15 is 0 Å². The molecule has 2 heterocycles. The highest BCUT2D eigenvalue weighted by molar-refractivity contribution is 14.1. The second-order valence-corrected chi connectivity index (χ2v) is 13.2. The summed E-state index contributed by atoms with van der Waals surface area (Å²) in [4.78, 5) is 62.4. The van der Waals surface area contributed by atoms with Gasteiger partial charge in [0.1, 0.15) is 0 Å². The fourth-order valence-electron chi connectivity index (χ4n) is 5.33. The monoisotopic (exact) mass is 800 g/mol. The molecule has 3 rings (SSSR count). The van der Waals surface area contributed by atoms with Gasteiger partial charge in [-0.05, 0) is 30.4 Å². The average molecular weight is 801 g/mol. The van der Waals surface area contributed by atoms with Crippen LogP contribution in [0.25, 0.3) is 12.7 Å². The summed E-state index contributed by atoms with van der Waals surface area (Å²) >= 11 is 7.47. The summed E-state index contributed by atoms with van der Waals surface area (Å²) in [5.41, 5.74) is 2.19. The lowest BCUT2D eigenvalue weighted by Crippen LogP contribution is -2.55. The average Bonchev–Trinajstić information content (AvgIpc) is 3.66. The first-order chi connectivity index (χ1) is 23.4. The zero-order valence-electron chi connectivity index (χ0n) is 28.1. The molecule has 0 aliphatic carbocycles. The number of esters is 1. The molecule has 0 saturated carbocycles. The molecule has 1 unspecified atom stereocenters. The molecule has 3 atom stereocenters. The number of H-pyrrole nitrogens is 1. The van der Waals surface area contributed by atoms with Crippen molar-refractivity contribution in [3.05, 3.63) is 106 Å². The van der Waals surface area contributed by atoms with Crippen LogP contribution < -0.4 is 15.9 Å². The number of hydrogen-bond donors (Lipinski definition) is 2. The highest BCUT2D eigenvalue weighted by Crippen LogP contribution is 2.34. The number of ketones is 1. The van der Waals surface area contributed by atoms with E-state index in [1.54, 1.807) is 53.5 Å². The number of Topliss-reactive ketones (excluding diaryl/α,β-unsaturated/α-hetero) is 1. The number of hydrogen-bond acceptors (Lipinski definition) is 7. The second kappa shape index (κ2) is 18.5. The maximum absolute atomic E-state index is 14.1. The number of aromatic nitrogens is 1. The number of allylic oxidation sites excluding steroid dienone is 5. The number of amides is 2. The quantitative estimate of drug-likeness (QED) is 0.0788. The molecule has 12 heteroatoms. The van der Waals surface area contributed by atoms with Gasteiger partial charge in [0.05, 0.1) is 46.2 Å². The van der Waals surface area contributed by atoms with Crippen molar-refractivity contribution in [2.75, 3.05) is 6.61 Å². The third-order valence-corrected chi connectivity index (χ3v) is 9.01. The van der Waals surface area contributed by atoms with E-state index in [4.69, 9.17) is 21.2 Å². The van der Waals surface area contributed by atoms with Crippen molar-refractivity contribution in [1.82, 2.24) is 13.4 Å². The molecule has 1 aromatic heterocycles. The Hall–Kier alpha value is -4.23. The minimum atomic E-state index is -1.51. The predicted molar refractivity (Wildman–Crippen MR) is 201 cm³/mol. The molecule has 0 bridgehead atoms. The van der Waals surface area contributed by atoms with E-state index < -0.39 is 42.0 Å². The lowest BCUT2D eigenvalue weighted by Gasteiger charge is -2.31. The topological polar surface area (TPSA) is 130 Å². The Kier molecular flexibility index (Phi) is 14.8. The Morgan fingerprint density at radius 2 is 1.94 bits per heavy atom. The molecule has 260 valence electrons. The van der Waals surface area contributed by atoms with Gasteiger partial charge >= 0.3 is 5.97 Å². The standard InChI is InChI=1S/C37H42ClIN4O6/c1-7-14-28-26(6)40-22-29(28)35(46)43(39)34(24(3)4)31-21-37(49-42-31,20-27-16-10-9-11-17-27)36(47)41-30(8-2)32(44)23-48-33(45)19-25(5)15-12-13-18-38/h7,9-19,22,24,30,34,40H,1,6,8,20-21,23H2,2-5H3,(H,41,47)/b15-12-,18-13+,25-19+,28-14+/t30-,34-,37?/m0/s1. The summed E-state index contributed by atoms with van der Waals surface area (Å²) < 4.78 is 6.74. The highest BCUT2D eigenvalue weighted by Gasteiger charge is 2.50. The highest BCUT2D eigenvalue weighted by atomic mass is 127. The summed E-state index contributed by atoms with van der Waals surface area (Å²) in [5, 5.41) is 8.46. The SMILES string of the molecule is C=C/C=c1/c(C(=O)N(I)[C@H](C2=NOC(Cc3ccccc3)(C(=O)N[C@@H](CC)C(=O)COC(=O)/C=C(C)/C=C\C=C\Cl)C2)C(C)C)c[nH]c1=C. The molecule has 2 aromatic rings. The first-order valence-electron chi connectivity index (χ1n) is 15.8. The minimum Gasteiger partial charge on any atom is -0.454 e. The lowest BCUT2D eigenvalue weighted by atomic mass is 9.84. The van der Waals surface area contributed by atoms with Crippen LogP contribution in [-0.2, 0) is 30.4 Å². The Labute approximate surface area is 305 Å². The maximum atomic E-state index is 14.1. The number of oxime groups is 1. The molecule has 0 fully saturated rings. The predicted octanol–water partition coefficient (Wildman–Crippen LogP) is 5.23. The van der Waals surface area contributed by atoms with Crippen molar-refractivity contribution < 1.29 is 28.8 Å². The van der Waals surface area contributed by atoms with E-state index in [1.807, 2.05) is 67.0 Å². The van der Waals surface area contributed by atoms with E-state index in [9.17, 15) is 19.2 Å². The third kappa shape index (κ3) is 10.4. The summed E-state index contributed by atoms with van der Waals surface area (Å²) in [6.45, 7) is 14.6. The number of carbonyl (C=O) groups is 4. The van der Waals surface area contributed by atoms with Crippen molar-refractivity contribution in [2.45, 2.75) is 64.6 Å². The molecular weight excluding hydrogens is 759 g/mol. The second-order valence-electron chi connectivity index (χ2n) is 11.9. The van der Waals surface area contributed by atoms with Crippen LogP contribution in [0.2, 0.25) is 0 Å². The van der Waals surface area contributed by atoms with Crippen LogP contribution >= 0.6 is 34.5 Å². The van der Waals surface area contributed by atoms with Gasteiger partial charge in [0, 0.05) is 41.2 Å². The molecular formula is C37H42ClIN4O6. The summed E-state index contributed by atoms with van der Waals surface area (Å²) in [6.07, 6.45) is 11.6. The molecule has 10 nitrogen and oxygen atoms in total. The first kappa shape index (κ1) is 39.2. The van der Waals surface area contributed by atoms with Crippen LogP contribution in [0.15, 0.2) is 89.8 Å². The van der Waals surface area contributed by atoms with Gasteiger partial charge in [-0.2, -0.15) is 0 Å². The van der Waals surface area contributed by atoms with Crippen LogP contribution in [0.5, 0.6) is 0 Å². The molecule has 49 heavy (non-hydrogen) atoms. The minimum absolute atomic E-state index is 0.0683. The number of nitrogens with zero attached hydrogens (tertiary/aromatic N) is 2. The molecule has 2 amide bonds. The van der Waals surface area contributed by atoms with Gasteiger partial charge in [-0.25, -0.2) is 4.79 Å². The number of halogens is 2. The number of ether oxygens (including phenoxy) is 1. The van der Waals surface area contributed by atoms with Crippen LogP contribution in [0.4, 0.5) is 0 Å². The smallest absolute Gasteiger partial charge is 0.331 e. The lowest BCUT2D eigenvalue weighted by molar-refractivity contribution is -0.148. The Balaban J connectivity index is 1.84. The van der Waals surface area contributed by atoms with E-state index in [-0.39, 0.29) is 31.1 Å². The zero-order chi connectivity index (χ0) is 36.1. The largest absolute Gasteiger partial charge is 0.454 e. The fourth-order valence-corrected chi connectivity index (χ4v) is 6.64. The van der Waals surface area contributed by atoms with Crippen LogP contribution in [0.1, 0.15) is 56.5 Å². The van der Waals surface area contributed by atoms with Crippen molar-refractivity contribution >= 4 is 76.4 Å². The summed E-state index contributed by atoms with van der Waals surface area (Å²) in [6, 6.07) is 7.87. The molecule has 0 spiro atoms. The Morgan fingerprint density at radius 3 is 2.57 bits per heavy atom. The number of benzene rings is 1. The van der Waals surface area contributed by atoms with Gasteiger partial charge in [0.15, 0.2) is 12.4 Å². The Bertz CT molecular complexity index is 1760. The van der Waals surface area contributed by atoms with Gasteiger partial charge in [-0.1, -0.05) is 111 Å². The molecule has 1 aliphatic rings. The van der Waals surface area contributed by atoms with Gasteiger partial charge in [0.2, 0.25) is 5.60 Å². The summed E-state index contributed by atoms with van der Waals surface area (Å²) in [7, 11) is 0.